The van der Waals surface area contributed by atoms with E-state index in [0.717, 1.165) is 0 Å². The second-order valence-electron chi connectivity index (χ2n) is 4.82. The molecule has 8 nitrogen and oxygen atoms in total. The van der Waals surface area contributed by atoms with Crippen LogP contribution < -0.4 is 40.2 Å². The number of hydrogen-bond acceptors (Lipinski definition) is 6. The van der Waals surface area contributed by atoms with Crippen molar-refractivity contribution < 1.29 is 56.9 Å². The van der Waals surface area contributed by atoms with Crippen molar-refractivity contribution in [3.05, 3.63) is 0 Å². The van der Waals surface area contributed by atoms with Crippen LogP contribution in [0.25, 0.3) is 0 Å². The van der Waals surface area contributed by atoms with E-state index in [0.29, 0.717) is 6.42 Å². The SMILES string of the molecule is CCC(C)(C)C(=O)NCCOC(=O)NCCS(=O)(=O)[O-].[Na+]. The van der Waals surface area contributed by atoms with E-state index in [2.05, 4.69) is 10.6 Å². The van der Waals surface area contributed by atoms with Crippen LogP contribution in [0.15, 0.2) is 0 Å². The van der Waals surface area contributed by atoms with E-state index in [9.17, 15) is 22.6 Å². The normalized spacial score (nSPS) is 11.2. The molecule has 0 radical (unpaired) electrons. The molecule has 0 aliphatic rings. The van der Waals surface area contributed by atoms with Gasteiger partial charge in [-0.3, -0.25) is 4.79 Å². The smallest absolute Gasteiger partial charge is 0.748 e. The maximum absolute atomic E-state index is 11.7. The van der Waals surface area contributed by atoms with Crippen LogP contribution >= 0.6 is 0 Å². The monoisotopic (exact) mass is 332 g/mol. The van der Waals surface area contributed by atoms with Crippen LogP contribution in [0.2, 0.25) is 0 Å². The Balaban J connectivity index is 0. The molecule has 0 saturated carbocycles. The molecule has 0 heterocycles. The van der Waals surface area contributed by atoms with Crippen LogP contribution in [-0.2, 0) is 19.6 Å². The number of hydrogen-bond donors (Lipinski definition) is 2. The molecule has 0 bridgehead atoms. The molecule has 0 aliphatic carbocycles. The van der Waals surface area contributed by atoms with E-state index in [-0.39, 0.29) is 55.2 Å². The van der Waals surface area contributed by atoms with Crippen LogP contribution in [0, 0.1) is 5.41 Å². The zero-order valence-corrected chi connectivity index (χ0v) is 15.7. The van der Waals surface area contributed by atoms with Crippen molar-refractivity contribution in [2.75, 3.05) is 25.4 Å². The quantitative estimate of drug-likeness (QED) is 0.274. The zero-order chi connectivity index (χ0) is 15.8. The Labute approximate surface area is 147 Å². The molecule has 0 spiro atoms. The van der Waals surface area contributed by atoms with Gasteiger partial charge in [-0.2, -0.15) is 0 Å². The van der Waals surface area contributed by atoms with E-state index in [1.807, 2.05) is 6.92 Å². The predicted octanol–water partition coefficient (Wildman–Crippen LogP) is -3.19. The maximum atomic E-state index is 11.7. The van der Waals surface area contributed by atoms with Crippen molar-refractivity contribution >= 4 is 22.1 Å². The molecule has 21 heavy (non-hydrogen) atoms. The Morgan fingerprint density at radius 3 is 2.24 bits per heavy atom. The minimum atomic E-state index is -4.35. The van der Waals surface area contributed by atoms with E-state index in [4.69, 9.17) is 4.74 Å². The van der Waals surface area contributed by atoms with Crippen molar-refractivity contribution in [1.29, 1.82) is 0 Å². The third kappa shape index (κ3) is 11.9. The Kier molecular flexibility index (Phi) is 11.3. The first kappa shape index (κ1) is 22.9. The van der Waals surface area contributed by atoms with Crippen LogP contribution in [0.3, 0.4) is 0 Å². The summed E-state index contributed by atoms with van der Waals surface area (Å²) in [6, 6.07) is 0. The molecule has 0 aromatic carbocycles. The molecule has 0 fully saturated rings. The van der Waals surface area contributed by atoms with Gasteiger partial charge in [0.2, 0.25) is 5.91 Å². The number of carbonyl (C=O) groups is 2. The summed E-state index contributed by atoms with van der Waals surface area (Å²) < 4.78 is 35.5. The average molecular weight is 332 g/mol. The third-order valence-corrected chi connectivity index (χ3v) is 3.44. The van der Waals surface area contributed by atoms with Crippen LogP contribution in [-0.4, -0.2) is 50.4 Å². The third-order valence-electron chi connectivity index (χ3n) is 2.74. The van der Waals surface area contributed by atoms with Crippen molar-refractivity contribution in [1.82, 2.24) is 10.6 Å². The number of ether oxygens (including phenoxy) is 1. The Morgan fingerprint density at radius 2 is 1.76 bits per heavy atom. The Hall–Kier alpha value is -0.350. The first-order valence-electron chi connectivity index (χ1n) is 6.21. The van der Waals surface area contributed by atoms with E-state index in [1.54, 1.807) is 13.8 Å². The van der Waals surface area contributed by atoms with Gasteiger partial charge in [0.05, 0.1) is 22.4 Å². The maximum Gasteiger partial charge on any atom is 1.00 e. The summed E-state index contributed by atoms with van der Waals surface area (Å²) in [5.74, 6) is -0.828. The van der Waals surface area contributed by atoms with E-state index < -0.39 is 27.4 Å². The van der Waals surface area contributed by atoms with Crippen molar-refractivity contribution in [2.45, 2.75) is 27.2 Å². The van der Waals surface area contributed by atoms with Crippen molar-refractivity contribution in [3.63, 3.8) is 0 Å². The zero-order valence-electron chi connectivity index (χ0n) is 12.9. The molecular formula is C11H21N2NaO6S. The summed E-state index contributed by atoms with van der Waals surface area (Å²) >= 11 is 0. The van der Waals surface area contributed by atoms with Crippen LogP contribution in [0.4, 0.5) is 4.79 Å². The number of rotatable bonds is 8. The fourth-order valence-corrected chi connectivity index (χ4v) is 1.39. The molecule has 10 heteroatoms. The predicted molar refractivity (Wildman–Crippen MR) is 71.0 cm³/mol. The molecular weight excluding hydrogens is 311 g/mol. The topological polar surface area (TPSA) is 125 Å². The summed E-state index contributed by atoms with van der Waals surface area (Å²) in [5.41, 5.74) is -0.481. The molecule has 2 N–H and O–H groups in total. The number of amides is 2. The minimum absolute atomic E-state index is 0. The summed E-state index contributed by atoms with van der Waals surface area (Å²) in [6.45, 7) is 5.32. The van der Waals surface area contributed by atoms with Gasteiger partial charge in [-0.1, -0.05) is 20.8 Å². The standard InChI is InChI=1S/C11H22N2O6S.Na/c1-4-11(2,3)9(14)12-5-7-19-10(15)13-6-8-20(16,17)18;/h4-8H2,1-3H3,(H,12,14)(H,13,15)(H,16,17,18);/q;+1/p-1. The molecule has 118 valence electrons. The van der Waals surface area contributed by atoms with Gasteiger partial charge in [0.1, 0.15) is 6.61 Å². The van der Waals surface area contributed by atoms with Gasteiger partial charge in [0, 0.05) is 12.0 Å². The van der Waals surface area contributed by atoms with Gasteiger partial charge < -0.3 is 19.9 Å². The molecule has 0 aliphatic heterocycles. The average Bonchev–Trinajstić information content (AvgIpc) is 2.32. The first-order valence-corrected chi connectivity index (χ1v) is 7.78. The van der Waals surface area contributed by atoms with Gasteiger partial charge >= 0.3 is 35.7 Å². The van der Waals surface area contributed by atoms with Gasteiger partial charge in [0.15, 0.2) is 0 Å². The minimum Gasteiger partial charge on any atom is -0.748 e. The molecule has 0 saturated heterocycles. The summed E-state index contributed by atoms with van der Waals surface area (Å²) in [7, 11) is -4.35. The summed E-state index contributed by atoms with van der Waals surface area (Å²) in [5, 5.41) is 4.74. The Morgan fingerprint density at radius 1 is 1.19 bits per heavy atom. The summed E-state index contributed by atoms with van der Waals surface area (Å²) in [6.07, 6.45) is -0.151. The van der Waals surface area contributed by atoms with Gasteiger partial charge in [-0.25, -0.2) is 13.2 Å². The number of alkyl carbamates (subject to hydrolysis) is 1. The van der Waals surface area contributed by atoms with E-state index >= 15 is 0 Å². The second-order valence-corrected chi connectivity index (χ2v) is 6.34. The van der Waals surface area contributed by atoms with Crippen molar-refractivity contribution in [2.24, 2.45) is 5.41 Å². The molecule has 2 amide bonds. The molecule has 0 atom stereocenters. The number of carbonyl (C=O) groups excluding carboxylic acids is 2. The molecule has 0 aromatic heterocycles. The molecule has 0 aromatic rings. The fraction of sp³-hybridized carbons (Fsp3) is 0.818. The summed E-state index contributed by atoms with van der Waals surface area (Å²) in [4.78, 5) is 22.7. The van der Waals surface area contributed by atoms with Gasteiger partial charge in [0.25, 0.3) is 0 Å². The fourth-order valence-electron chi connectivity index (χ4n) is 1.04. The largest absolute Gasteiger partial charge is 1.00 e. The van der Waals surface area contributed by atoms with Crippen LogP contribution in [0.1, 0.15) is 27.2 Å². The molecule has 0 unspecified atom stereocenters. The van der Waals surface area contributed by atoms with Crippen molar-refractivity contribution in [3.8, 4) is 0 Å². The van der Waals surface area contributed by atoms with Gasteiger partial charge in [-0.05, 0) is 6.42 Å². The number of nitrogens with one attached hydrogen (secondary N) is 2. The van der Waals surface area contributed by atoms with Crippen LogP contribution in [0.5, 0.6) is 0 Å². The second kappa shape index (κ2) is 10.4. The van der Waals surface area contributed by atoms with Gasteiger partial charge in [-0.15, -0.1) is 0 Å². The van der Waals surface area contributed by atoms with E-state index in [1.165, 1.54) is 0 Å². The Bertz CT molecular complexity index is 438. The first-order chi connectivity index (χ1) is 9.08. The molecule has 0 rings (SSSR count).